The first-order valence-electron chi connectivity index (χ1n) is 9.48. The van der Waals surface area contributed by atoms with Crippen molar-refractivity contribution in [3.8, 4) is 5.75 Å². The molecule has 0 bridgehead atoms. The molecule has 8 heteroatoms. The number of nitrogens with zero attached hydrogens (tertiary/aromatic N) is 1. The Labute approximate surface area is 167 Å². The van der Waals surface area contributed by atoms with Crippen molar-refractivity contribution in [1.82, 2.24) is 10.2 Å². The van der Waals surface area contributed by atoms with Crippen LogP contribution < -0.4 is 5.32 Å². The van der Waals surface area contributed by atoms with Crippen LogP contribution in [0.3, 0.4) is 0 Å². The number of aliphatic hydroxyl groups excluding tert-OH is 1. The molecule has 1 amide bonds. The van der Waals surface area contributed by atoms with E-state index < -0.39 is 35.3 Å². The minimum atomic E-state index is -1.05. The van der Waals surface area contributed by atoms with Gasteiger partial charge in [-0.25, -0.2) is 8.78 Å². The molecular formula is C21H24F2N2O4. The summed E-state index contributed by atoms with van der Waals surface area (Å²) < 4.78 is 32.6. The smallest absolute Gasteiger partial charge is 0.254 e. The van der Waals surface area contributed by atoms with Gasteiger partial charge in [0.25, 0.3) is 5.91 Å². The summed E-state index contributed by atoms with van der Waals surface area (Å²) in [6.45, 7) is 1.82. The third-order valence-corrected chi connectivity index (χ3v) is 5.04. The van der Waals surface area contributed by atoms with Gasteiger partial charge in [-0.3, -0.25) is 9.69 Å². The summed E-state index contributed by atoms with van der Waals surface area (Å²) in [5.74, 6) is -3.43. The number of aromatic hydroxyl groups is 1. The van der Waals surface area contributed by atoms with Gasteiger partial charge in [0.1, 0.15) is 5.82 Å². The second kappa shape index (κ2) is 9.78. The van der Waals surface area contributed by atoms with E-state index in [9.17, 15) is 18.7 Å². The lowest BCUT2D eigenvalue weighted by Crippen LogP contribution is -2.44. The van der Waals surface area contributed by atoms with Crippen molar-refractivity contribution in [2.24, 2.45) is 5.92 Å². The molecule has 3 N–H and O–H groups in total. The van der Waals surface area contributed by atoms with E-state index in [0.29, 0.717) is 38.4 Å². The molecule has 3 rings (SSSR count). The molecule has 1 aliphatic rings. The van der Waals surface area contributed by atoms with E-state index in [0.717, 1.165) is 18.4 Å². The number of hydrogen-bond donors (Lipinski definition) is 3. The van der Waals surface area contributed by atoms with E-state index in [2.05, 4.69) is 5.32 Å². The van der Waals surface area contributed by atoms with Crippen molar-refractivity contribution in [1.29, 1.82) is 0 Å². The average Bonchev–Trinajstić information content (AvgIpc) is 2.74. The molecule has 0 aliphatic carbocycles. The standard InChI is InChI=1S/C21H24F2N2O4/c22-17-11-19(26)18(23)10-16(17)20(27)24-12-14-6-8-25(9-7-14)21(28)29-13-15-4-2-1-3-5-15/h1-5,10-11,14,21,26,28H,6-9,12-13H2,(H,24,27). The highest BCUT2D eigenvalue weighted by molar-refractivity contribution is 5.94. The van der Waals surface area contributed by atoms with E-state index in [-0.39, 0.29) is 5.92 Å². The molecular weight excluding hydrogens is 382 g/mol. The molecule has 0 radical (unpaired) electrons. The summed E-state index contributed by atoms with van der Waals surface area (Å²) in [5, 5.41) is 21.9. The molecule has 2 aromatic carbocycles. The Bertz CT molecular complexity index is 827. The SMILES string of the molecule is O=C(NCC1CCN(C(O)OCc2ccccc2)CC1)c1cc(F)c(O)cc1F. The number of carbonyl (C=O) groups is 1. The van der Waals surface area contributed by atoms with Crippen molar-refractivity contribution in [3.63, 3.8) is 0 Å². The molecule has 1 atom stereocenters. The number of piperidine rings is 1. The van der Waals surface area contributed by atoms with Crippen LogP contribution in [0.2, 0.25) is 0 Å². The van der Waals surface area contributed by atoms with Gasteiger partial charge in [-0.05, 0) is 30.4 Å². The van der Waals surface area contributed by atoms with Crippen LogP contribution >= 0.6 is 0 Å². The normalized spacial score (nSPS) is 16.5. The van der Waals surface area contributed by atoms with Gasteiger partial charge in [0.15, 0.2) is 11.6 Å². The number of nitrogens with one attached hydrogen (secondary N) is 1. The zero-order chi connectivity index (χ0) is 20.8. The number of phenolic OH excluding ortho intramolecular Hbond substituents is 1. The highest BCUT2D eigenvalue weighted by atomic mass is 19.1. The first-order chi connectivity index (χ1) is 13.9. The fraction of sp³-hybridized carbons (Fsp3) is 0.381. The zero-order valence-electron chi connectivity index (χ0n) is 15.9. The van der Waals surface area contributed by atoms with Crippen LogP contribution in [0.4, 0.5) is 8.78 Å². The third-order valence-electron chi connectivity index (χ3n) is 5.04. The molecule has 0 aromatic heterocycles. The van der Waals surface area contributed by atoms with Gasteiger partial charge in [0, 0.05) is 25.7 Å². The number of aliphatic hydroxyl groups is 1. The van der Waals surface area contributed by atoms with Gasteiger partial charge in [0.05, 0.1) is 12.2 Å². The molecule has 0 spiro atoms. The second-order valence-corrected chi connectivity index (χ2v) is 7.10. The quantitative estimate of drug-likeness (QED) is 0.616. The van der Waals surface area contributed by atoms with Crippen molar-refractivity contribution in [2.75, 3.05) is 19.6 Å². The summed E-state index contributed by atoms with van der Waals surface area (Å²) in [6, 6.07) is 10.8. The lowest BCUT2D eigenvalue weighted by atomic mass is 9.97. The monoisotopic (exact) mass is 406 g/mol. The molecule has 1 saturated heterocycles. The average molecular weight is 406 g/mol. The number of ether oxygens (including phenoxy) is 1. The molecule has 2 aromatic rings. The van der Waals surface area contributed by atoms with Gasteiger partial charge in [-0.1, -0.05) is 30.3 Å². The molecule has 1 aliphatic heterocycles. The van der Waals surface area contributed by atoms with Crippen LogP contribution in [-0.2, 0) is 11.3 Å². The first kappa shape index (κ1) is 21.2. The van der Waals surface area contributed by atoms with E-state index in [4.69, 9.17) is 9.84 Å². The summed E-state index contributed by atoms with van der Waals surface area (Å²) >= 11 is 0. The molecule has 1 heterocycles. The highest BCUT2D eigenvalue weighted by Gasteiger charge is 2.25. The first-order valence-corrected chi connectivity index (χ1v) is 9.48. The number of phenols is 1. The number of rotatable bonds is 7. The number of benzene rings is 2. The maximum Gasteiger partial charge on any atom is 0.254 e. The second-order valence-electron chi connectivity index (χ2n) is 7.10. The van der Waals surface area contributed by atoms with Crippen LogP contribution in [0, 0.1) is 17.6 Å². The third kappa shape index (κ3) is 5.72. The number of carbonyl (C=O) groups excluding carboxylic acids is 1. The number of halogens is 2. The number of likely N-dealkylation sites (tertiary alicyclic amines) is 1. The molecule has 1 fully saturated rings. The van der Waals surface area contributed by atoms with Gasteiger partial charge in [0.2, 0.25) is 6.41 Å². The van der Waals surface area contributed by atoms with Crippen molar-refractivity contribution < 1.29 is 28.5 Å². The van der Waals surface area contributed by atoms with Gasteiger partial charge >= 0.3 is 0 Å². The molecule has 1 unspecified atom stereocenters. The predicted molar refractivity (Wildman–Crippen MR) is 102 cm³/mol. The van der Waals surface area contributed by atoms with E-state index >= 15 is 0 Å². The Morgan fingerprint density at radius 3 is 2.55 bits per heavy atom. The summed E-state index contributed by atoms with van der Waals surface area (Å²) in [5.41, 5.74) is 0.532. The molecule has 29 heavy (non-hydrogen) atoms. The molecule has 156 valence electrons. The highest BCUT2D eigenvalue weighted by Crippen LogP contribution is 2.21. The molecule has 0 saturated carbocycles. The Balaban J connectivity index is 1.41. The predicted octanol–water partition coefficient (Wildman–Crippen LogP) is 2.60. The largest absolute Gasteiger partial charge is 0.505 e. The number of hydrogen-bond acceptors (Lipinski definition) is 5. The number of amides is 1. The van der Waals surface area contributed by atoms with Crippen LogP contribution in [0.5, 0.6) is 5.75 Å². The Hall–Kier alpha value is -2.55. The topological polar surface area (TPSA) is 82.0 Å². The van der Waals surface area contributed by atoms with E-state index in [1.807, 2.05) is 35.2 Å². The summed E-state index contributed by atoms with van der Waals surface area (Å²) in [4.78, 5) is 13.9. The lowest BCUT2D eigenvalue weighted by molar-refractivity contribution is -0.205. The summed E-state index contributed by atoms with van der Waals surface area (Å²) in [6.07, 6.45) is 0.441. The minimum Gasteiger partial charge on any atom is -0.505 e. The van der Waals surface area contributed by atoms with Gasteiger partial charge < -0.3 is 20.3 Å². The Morgan fingerprint density at radius 1 is 1.17 bits per heavy atom. The maximum atomic E-state index is 13.7. The van der Waals surface area contributed by atoms with Gasteiger partial charge in [-0.2, -0.15) is 0 Å². The lowest BCUT2D eigenvalue weighted by Gasteiger charge is -2.34. The maximum absolute atomic E-state index is 13.7. The van der Waals surface area contributed by atoms with Crippen molar-refractivity contribution in [2.45, 2.75) is 25.9 Å². The van der Waals surface area contributed by atoms with Crippen molar-refractivity contribution in [3.05, 3.63) is 65.2 Å². The van der Waals surface area contributed by atoms with Crippen molar-refractivity contribution >= 4 is 5.91 Å². The molecule has 6 nitrogen and oxygen atoms in total. The fourth-order valence-corrected chi connectivity index (χ4v) is 3.27. The van der Waals surface area contributed by atoms with E-state index in [1.165, 1.54) is 0 Å². The van der Waals surface area contributed by atoms with Crippen LogP contribution in [0.25, 0.3) is 0 Å². The fourth-order valence-electron chi connectivity index (χ4n) is 3.27. The summed E-state index contributed by atoms with van der Waals surface area (Å²) in [7, 11) is 0. The van der Waals surface area contributed by atoms with E-state index in [1.54, 1.807) is 0 Å². The van der Waals surface area contributed by atoms with Crippen LogP contribution in [0.1, 0.15) is 28.8 Å². The minimum absolute atomic E-state index is 0.154. The Morgan fingerprint density at radius 2 is 1.86 bits per heavy atom. The van der Waals surface area contributed by atoms with Gasteiger partial charge in [-0.15, -0.1) is 0 Å². The van der Waals surface area contributed by atoms with Crippen LogP contribution in [-0.4, -0.2) is 47.1 Å². The Kier molecular flexibility index (Phi) is 7.13. The zero-order valence-corrected chi connectivity index (χ0v) is 15.9. The van der Waals surface area contributed by atoms with Crippen LogP contribution in [0.15, 0.2) is 42.5 Å².